The van der Waals surface area contributed by atoms with Crippen LogP contribution in [0.4, 0.5) is 0 Å². The quantitative estimate of drug-likeness (QED) is 0.104. The number of aliphatic carboxylic acids is 1. The summed E-state index contributed by atoms with van der Waals surface area (Å²) in [6, 6.07) is 0. The third-order valence-corrected chi connectivity index (χ3v) is 11.9. The molecule has 0 rings (SSSR count). The molecule has 0 amide bonds. The number of carboxylic acid groups (broad SMARTS) is 1. The molecule has 0 saturated carbocycles. The molecule has 0 aromatic carbocycles. The van der Waals surface area contributed by atoms with Gasteiger partial charge in [0.2, 0.25) is 0 Å². The second kappa shape index (κ2) is 13.2. The lowest BCUT2D eigenvalue weighted by atomic mass is 10.3. The van der Waals surface area contributed by atoms with Crippen LogP contribution in [0.5, 0.6) is 0 Å². The Bertz CT molecular complexity index is 683. The van der Waals surface area contributed by atoms with E-state index in [1.165, 1.54) is 13.8 Å². The number of nitrogens with zero attached hydrogens (tertiary/aromatic N) is 1. The fourth-order valence-electron chi connectivity index (χ4n) is 3.37. The van der Waals surface area contributed by atoms with Gasteiger partial charge in [0.1, 0.15) is 0 Å². The molecule has 0 saturated heterocycles. The summed E-state index contributed by atoms with van der Waals surface area (Å²) in [5.74, 6) is -0.773. The molecule has 16 nitrogen and oxygen atoms in total. The van der Waals surface area contributed by atoms with E-state index in [-0.39, 0.29) is 19.3 Å². The van der Waals surface area contributed by atoms with E-state index >= 15 is 0 Å². The van der Waals surface area contributed by atoms with Gasteiger partial charge in [-0.2, -0.15) is 0 Å². The van der Waals surface area contributed by atoms with Crippen molar-refractivity contribution in [1.29, 1.82) is 0 Å². The number of nitrogens with two attached hydrogens (primary N) is 1. The lowest BCUT2D eigenvalue weighted by Gasteiger charge is -2.48. The van der Waals surface area contributed by atoms with Crippen molar-refractivity contribution >= 4 is 36.4 Å². The standard InChI is InChI=1S/C8H23NO12P4.C4H9NO2/c1-3-5-9(6-4-2,7(22(10,11)12)23(13,14)15)8(24(16,17)18)25(19,20)21;5-3-1-2-4(6)7/h7-8H,3-6H2,1-2H3,(H7-,10,11,12,13,14,15,16,17,18,19,20,21);1-3,5H2,(H,6,7)/p+1. The average Bonchev–Trinajstić information content (AvgIpc) is 2.47. The molecule has 0 spiro atoms. The van der Waals surface area contributed by atoms with Crippen LogP contribution in [0, 0.1) is 0 Å². The first-order valence-corrected chi connectivity index (χ1v) is 15.8. The van der Waals surface area contributed by atoms with E-state index in [1.807, 2.05) is 0 Å². The highest BCUT2D eigenvalue weighted by Crippen LogP contribution is 2.72. The van der Waals surface area contributed by atoms with Crippen molar-refractivity contribution in [2.75, 3.05) is 19.6 Å². The molecule has 0 aliphatic heterocycles. The maximum absolute atomic E-state index is 11.8. The van der Waals surface area contributed by atoms with E-state index < -0.39 is 65.0 Å². The number of carboxylic acids is 1. The number of carbonyl (C=O) groups is 1. The SMILES string of the molecule is CCC[N+](CCC)(C(P(=O)(O)O)P(=O)(O)O)C(P(=O)(O)O)P(=O)(O)O.NCCCC(=O)O. The summed E-state index contributed by atoms with van der Waals surface area (Å²) in [4.78, 5) is 85.5. The molecule has 0 aliphatic rings. The zero-order chi connectivity index (χ0) is 26.2. The molecule has 11 N–H and O–H groups in total. The minimum Gasteiger partial charge on any atom is -0.481 e. The molecule has 0 bridgehead atoms. The van der Waals surface area contributed by atoms with Crippen molar-refractivity contribution < 1.29 is 71.8 Å². The minimum absolute atomic E-state index is 0.118. The summed E-state index contributed by atoms with van der Waals surface area (Å²) >= 11 is 0. The zero-order valence-corrected chi connectivity index (χ0v) is 21.1. The highest BCUT2D eigenvalue weighted by atomic mass is 31.2. The topological polar surface area (TPSA) is 293 Å². The fourth-order valence-corrected chi connectivity index (χ4v) is 10.8. The number of hydrogen-bond donors (Lipinski definition) is 10. The van der Waals surface area contributed by atoms with Crippen LogP contribution in [-0.4, -0.2) is 85.4 Å². The molecule has 0 radical (unpaired) electrons. The predicted molar refractivity (Wildman–Crippen MR) is 112 cm³/mol. The summed E-state index contributed by atoms with van der Waals surface area (Å²) in [7, 11) is -23.0. The number of quaternary nitrogens is 1. The maximum atomic E-state index is 11.8. The molecule has 0 aliphatic carbocycles. The maximum Gasteiger partial charge on any atom is 0.395 e. The molecule has 32 heavy (non-hydrogen) atoms. The first kappa shape index (κ1) is 34.2. The van der Waals surface area contributed by atoms with Crippen LogP contribution in [0.3, 0.4) is 0 Å². The van der Waals surface area contributed by atoms with E-state index in [2.05, 4.69) is 0 Å². The van der Waals surface area contributed by atoms with Gasteiger partial charge in [0, 0.05) is 6.42 Å². The molecule has 0 heterocycles. The monoisotopic (exact) mass is 553 g/mol. The van der Waals surface area contributed by atoms with E-state index in [0.29, 0.717) is 13.0 Å². The zero-order valence-electron chi connectivity index (χ0n) is 17.5. The van der Waals surface area contributed by atoms with Crippen molar-refractivity contribution in [3.8, 4) is 0 Å². The van der Waals surface area contributed by atoms with Gasteiger partial charge in [-0.3, -0.25) is 27.5 Å². The van der Waals surface area contributed by atoms with Crippen molar-refractivity contribution in [3.05, 3.63) is 0 Å². The Balaban J connectivity index is 0. The highest BCUT2D eigenvalue weighted by molar-refractivity contribution is 7.72. The normalized spacial score (nSPS) is 13.8. The molecule has 0 fully saturated rings. The second-order valence-electron chi connectivity index (χ2n) is 6.89. The van der Waals surface area contributed by atoms with Gasteiger partial charge in [-0.05, 0) is 25.8 Å². The Morgan fingerprint density at radius 3 is 1.16 bits per heavy atom. The van der Waals surface area contributed by atoms with E-state index in [1.54, 1.807) is 0 Å². The fraction of sp³-hybridized carbons (Fsp3) is 0.917. The van der Waals surface area contributed by atoms with Crippen LogP contribution >= 0.6 is 30.4 Å². The summed E-state index contributed by atoms with van der Waals surface area (Å²) in [5.41, 5.74) is -1.03. The van der Waals surface area contributed by atoms with Crippen LogP contribution in [0.25, 0.3) is 0 Å². The van der Waals surface area contributed by atoms with Crippen molar-refractivity contribution in [3.63, 3.8) is 0 Å². The first-order valence-electron chi connectivity index (χ1n) is 9.12. The van der Waals surface area contributed by atoms with Gasteiger partial charge in [0.25, 0.3) is 11.0 Å². The summed E-state index contributed by atoms with van der Waals surface area (Å²) in [5, 5.41) is 7.99. The molecule has 0 aromatic rings. The summed E-state index contributed by atoms with van der Waals surface area (Å²) < 4.78 is 45.5. The van der Waals surface area contributed by atoms with E-state index in [0.717, 1.165) is 0 Å². The Morgan fingerprint density at radius 2 is 1.03 bits per heavy atom. The molecule has 0 unspecified atom stereocenters. The molecule has 0 aromatic heterocycles. The molecular formula is C12H33N2O14P4+. The van der Waals surface area contributed by atoms with E-state index in [4.69, 9.17) is 10.8 Å². The van der Waals surface area contributed by atoms with Crippen LogP contribution < -0.4 is 5.73 Å². The van der Waals surface area contributed by atoms with Gasteiger partial charge in [0.15, 0.2) is 0 Å². The van der Waals surface area contributed by atoms with Crippen molar-refractivity contribution in [2.45, 2.75) is 50.6 Å². The van der Waals surface area contributed by atoms with Gasteiger partial charge < -0.3 is 50.0 Å². The largest absolute Gasteiger partial charge is 0.481 e. The highest BCUT2D eigenvalue weighted by Gasteiger charge is 2.68. The van der Waals surface area contributed by atoms with Crippen molar-refractivity contribution in [2.24, 2.45) is 5.73 Å². The first-order chi connectivity index (χ1) is 14.1. The van der Waals surface area contributed by atoms with Crippen LogP contribution in [-0.2, 0) is 23.1 Å². The van der Waals surface area contributed by atoms with Crippen LogP contribution in [0.2, 0.25) is 0 Å². The Hall–Kier alpha value is -0.0100. The Morgan fingerprint density at radius 1 is 0.750 bits per heavy atom. The molecule has 194 valence electrons. The smallest absolute Gasteiger partial charge is 0.395 e. The van der Waals surface area contributed by atoms with Crippen molar-refractivity contribution in [1.82, 2.24) is 0 Å². The van der Waals surface area contributed by atoms with Crippen LogP contribution in [0.15, 0.2) is 0 Å². The third kappa shape index (κ3) is 10.9. The van der Waals surface area contributed by atoms with Gasteiger partial charge >= 0.3 is 36.4 Å². The lowest BCUT2D eigenvalue weighted by molar-refractivity contribution is -0.930. The number of rotatable bonds is 13. The Labute approximate surface area is 184 Å². The summed E-state index contributed by atoms with van der Waals surface area (Å²) in [6.45, 7) is 1.84. The van der Waals surface area contributed by atoms with Gasteiger partial charge in [-0.25, -0.2) is 0 Å². The van der Waals surface area contributed by atoms with Gasteiger partial charge in [-0.1, -0.05) is 13.8 Å². The summed E-state index contributed by atoms with van der Waals surface area (Å²) in [6.07, 6.45) is 0.534. The predicted octanol–water partition coefficient (Wildman–Crippen LogP) is -0.289. The lowest BCUT2D eigenvalue weighted by Crippen LogP contribution is -2.61. The Kier molecular flexibility index (Phi) is 14.1. The number of hydrogen-bond acceptors (Lipinski definition) is 6. The minimum atomic E-state index is -5.75. The molecule has 0 atom stereocenters. The van der Waals surface area contributed by atoms with Gasteiger partial charge in [-0.15, -0.1) is 0 Å². The van der Waals surface area contributed by atoms with Crippen LogP contribution in [0.1, 0.15) is 39.5 Å². The third-order valence-electron chi connectivity index (χ3n) is 4.00. The van der Waals surface area contributed by atoms with E-state index in [9.17, 15) is 62.2 Å². The molecule has 20 heteroatoms. The molecular weight excluding hydrogens is 520 g/mol. The second-order valence-corrected chi connectivity index (χ2v) is 14.4. The average molecular weight is 553 g/mol. The van der Waals surface area contributed by atoms with Gasteiger partial charge in [0.05, 0.1) is 13.1 Å².